The Hall–Kier alpha value is -3.35. The average Bonchev–Trinajstić information content (AvgIpc) is 2.71. The van der Waals surface area contributed by atoms with E-state index < -0.39 is 17.9 Å². The summed E-state index contributed by atoms with van der Waals surface area (Å²) in [5, 5.41) is 2.70. The zero-order valence-corrected chi connectivity index (χ0v) is 15.3. The smallest absolute Gasteiger partial charge is 0.279 e. The fraction of sp³-hybridized carbons (Fsp3) is 0.250. The molecule has 2 aromatic rings. The van der Waals surface area contributed by atoms with Crippen molar-refractivity contribution in [3.05, 3.63) is 60.2 Å². The summed E-state index contributed by atoms with van der Waals surface area (Å²) in [7, 11) is 0. The number of amides is 3. The van der Waals surface area contributed by atoms with Gasteiger partial charge in [0.15, 0.2) is 6.10 Å². The van der Waals surface area contributed by atoms with Crippen LogP contribution in [0, 0.1) is 0 Å². The lowest BCUT2D eigenvalue weighted by atomic mass is 10.2. The van der Waals surface area contributed by atoms with Crippen LogP contribution in [0.3, 0.4) is 0 Å². The van der Waals surface area contributed by atoms with Crippen molar-refractivity contribution in [1.82, 2.24) is 10.9 Å². The number of hydrazine groups is 1. The van der Waals surface area contributed by atoms with Crippen LogP contribution in [0.2, 0.25) is 0 Å². The first-order valence-corrected chi connectivity index (χ1v) is 8.75. The third-order valence-corrected chi connectivity index (χ3v) is 3.74. The third-order valence-electron chi connectivity index (χ3n) is 3.74. The zero-order chi connectivity index (χ0) is 19.6. The van der Waals surface area contributed by atoms with Gasteiger partial charge in [-0.05, 0) is 42.8 Å². The highest BCUT2D eigenvalue weighted by Crippen LogP contribution is 2.13. The highest BCUT2D eigenvalue weighted by Gasteiger charge is 2.19. The molecule has 142 valence electrons. The lowest BCUT2D eigenvalue weighted by molar-refractivity contribution is -0.128. The number of hydrogen-bond donors (Lipinski definition) is 3. The molecule has 0 heterocycles. The summed E-state index contributed by atoms with van der Waals surface area (Å²) in [6.07, 6.45) is 0.0969. The first-order chi connectivity index (χ1) is 13.0. The quantitative estimate of drug-likeness (QED) is 0.654. The van der Waals surface area contributed by atoms with Crippen LogP contribution in [-0.2, 0) is 9.59 Å². The summed E-state index contributed by atoms with van der Waals surface area (Å²) in [5.74, 6) is -0.438. The molecule has 0 saturated carbocycles. The van der Waals surface area contributed by atoms with Crippen molar-refractivity contribution < 1.29 is 19.1 Å². The molecule has 0 fully saturated rings. The van der Waals surface area contributed by atoms with Crippen LogP contribution in [0.1, 0.15) is 37.0 Å². The van der Waals surface area contributed by atoms with Gasteiger partial charge in [-0.2, -0.15) is 0 Å². The molecule has 0 spiro atoms. The molecule has 0 aliphatic heterocycles. The molecule has 2 aromatic carbocycles. The first kappa shape index (κ1) is 20.0. The Kier molecular flexibility index (Phi) is 7.37. The second kappa shape index (κ2) is 9.96. The SMILES string of the molecule is CCC(=O)Nc1ccc(C(=O)NNC(=O)C(CC)Oc2ccccc2)cc1. The number of carbonyl (C=O) groups is 3. The van der Waals surface area contributed by atoms with Gasteiger partial charge in [0.1, 0.15) is 5.75 Å². The Bertz CT molecular complexity index is 776. The molecule has 0 bridgehead atoms. The standard InChI is InChI=1S/C20H23N3O4/c1-3-17(27-16-8-6-5-7-9-16)20(26)23-22-19(25)14-10-12-15(13-11-14)21-18(24)4-2/h5-13,17H,3-4H2,1-2H3,(H,21,24)(H,22,25)(H,23,26). The van der Waals surface area contributed by atoms with Crippen LogP contribution in [-0.4, -0.2) is 23.8 Å². The molecule has 7 heteroatoms. The van der Waals surface area contributed by atoms with Gasteiger partial charge in [-0.3, -0.25) is 25.2 Å². The second-order valence-corrected chi connectivity index (χ2v) is 5.75. The summed E-state index contributed by atoms with van der Waals surface area (Å²) in [6.45, 7) is 3.57. The predicted molar refractivity (Wildman–Crippen MR) is 102 cm³/mol. The van der Waals surface area contributed by atoms with Gasteiger partial charge in [0.2, 0.25) is 5.91 Å². The molecule has 3 amide bonds. The van der Waals surface area contributed by atoms with E-state index in [1.165, 1.54) is 0 Å². The number of nitrogens with one attached hydrogen (secondary N) is 3. The van der Waals surface area contributed by atoms with Crippen molar-refractivity contribution in [2.45, 2.75) is 32.8 Å². The van der Waals surface area contributed by atoms with E-state index in [4.69, 9.17) is 4.74 Å². The van der Waals surface area contributed by atoms with Crippen LogP contribution < -0.4 is 20.9 Å². The van der Waals surface area contributed by atoms with Crippen LogP contribution in [0.15, 0.2) is 54.6 Å². The molecule has 0 radical (unpaired) electrons. The summed E-state index contributed by atoms with van der Waals surface area (Å²) >= 11 is 0. The van der Waals surface area contributed by atoms with Gasteiger partial charge >= 0.3 is 0 Å². The molecule has 2 rings (SSSR count). The van der Waals surface area contributed by atoms with E-state index in [9.17, 15) is 14.4 Å². The van der Waals surface area contributed by atoms with Gasteiger partial charge in [-0.25, -0.2) is 0 Å². The second-order valence-electron chi connectivity index (χ2n) is 5.75. The molecule has 0 aliphatic rings. The average molecular weight is 369 g/mol. The summed E-state index contributed by atoms with van der Waals surface area (Å²) < 4.78 is 5.62. The normalized spacial score (nSPS) is 11.2. The zero-order valence-electron chi connectivity index (χ0n) is 15.3. The van der Waals surface area contributed by atoms with Gasteiger partial charge < -0.3 is 10.1 Å². The van der Waals surface area contributed by atoms with Gasteiger partial charge in [-0.15, -0.1) is 0 Å². The minimum absolute atomic E-state index is 0.108. The Morgan fingerprint density at radius 2 is 1.59 bits per heavy atom. The van der Waals surface area contributed by atoms with Crippen LogP contribution in [0.5, 0.6) is 5.75 Å². The van der Waals surface area contributed by atoms with Crippen molar-refractivity contribution in [2.24, 2.45) is 0 Å². The van der Waals surface area contributed by atoms with E-state index in [-0.39, 0.29) is 5.91 Å². The Morgan fingerprint density at radius 1 is 0.926 bits per heavy atom. The number of carbonyl (C=O) groups excluding carboxylic acids is 3. The van der Waals surface area contributed by atoms with Gasteiger partial charge in [0, 0.05) is 17.7 Å². The summed E-state index contributed by atoms with van der Waals surface area (Å²) in [4.78, 5) is 35.7. The van der Waals surface area contributed by atoms with Crippen LogP contribution in [0.25, 0.3) is 0 Å². The monoisotopic (exact) mass is 369 g/mol. The maximum Gasteiger partial charge on any atom is 0.279 e. The van der Waals surface area contributed by atoms with Crippen LogP contribution in [0.4, 0.5) is 5.69 Å². The molecule has 7 nitrogen and oxygen atoms in total. The van der Waals surface area contributed by atoms with Gasteiger partial charge in [-0.1, -0.05) is 32.0 Å². The molecule has 3 N–H and O–H groups in total. The first-order valence-electron chi connectivity index (χ1n) is 8.75. The van der Waals surface area contributed by atoms with Gasteiger partial charge in [0.05, 0.1) is 0 Å². The number of para-hydroxylation sites is 1. The molecule has 1 atom stereocenters. The highest BCUT2D eigenvalue weighted by atomic mass is 16.5. The number of anilines is 1. The predicted octanol–water partition coefficient (Wildman–Crippen LogP) is 2.65. The van der Waals surface area contributed by atoms with E-state index >= 15 is 0 Å². The maximum absolute atomic E-state index is 12.2. The largest absolute Gasteiger partial charge is 0.481 e. The lowest BCUT2D eigenvalue weighted by Gasteiger charge is -2.17. The maximum atomic E-state index is 12.2. The number of ether oxygens (including phenoxy) is 1. The van der Waals surface area contributed by atoms with E-state index in [1.807, 2.05) is 25.1 Å². The molecule has 0 aromatic heterocycles. The number of benzene rings is 2. The molecular weight excluding hydrogens is 346 g/mol. The molecular formula is C20H23N3O4. The molecule has 0 aliphatic carbocycles. The highest BCUT2D eigenvalue weighted by molar-refractivity contribution is 5.97. The van der Waals surface area contributed by atoms with Crippen molar-refractivity contribution in [3.8, 4) is 5.75 Å². The fourth-order valence-corrected chi connectivity index (χ4v) is 2.21. The van der Waals surface area contributed by atoms with E-state index in [1.54, 1.807) is 43.3 Å². The van der Waals surface area contributed by atoms with Crippen molar-refractivity contribution in [1.29, 1.82) is 0 Å². The third kappa shape index (κ3) is 6.14. The topological polar surface area (TPSA) is 96.5 Å². The van der Waals surface area contributed by atoms with Crippen molar-refractivity contribution >= 4 is 23.4 Å². The Morgan fingerprint density at radius 3 is 2.19 bits per heavy atom. The fourth-order valence-electron chi connectivity index (χ4n) is 2.21. The number of hydrogen-bond acceptors (Lipinski definition) is 4. The Labute approximate surface area is 158 Å². The molecule has 1 unspecified atom stereocenters. The minimum atomic E-state index is -0.723. The summed E-state index contributed by atoms with van der Waals surface area (Å²) in [6, 6.07) is 15.4. The van der Waals surface area contributed by atoms with E-state index in [0.29, 0.717) is 29.8 Å². The van der Waals surface area contributed by atoms with E-state index in [0.717, 1.165) is 0 Å². The summed E-state index contributed by atoms with van der Waals surface area (Å²) in [5.41, 5.74) is 5.69. The van der Waals surface area contributed by atoms with Crippen molar-refractivity contribution in [3.63, 3.8) is 0 Å². The Balaban J connectivity index is 1.87. The van der Waals surface area contributed by atoms with E-state index in [2.05, 4.69) is 16.2 Å². The molecule has 27 heavy (non-hydrogen) atoms. The lowest BCUT2D eigenvalue weighted by Crippen LogP contribution is -2.47. The van der Waals surface area contributed by atoms with Gasteiger partial charge in [0.25, 0.3) is 11.8 Å². The molecule has 0 saturated heterocycles. The minimum Gasteiger partial charge on any atom is -0.481 e. The number of rotatable bonds is 7. The van der Waals surface area contributed by atoms with Crippen molar-refractivity contribution in [2.75, 3.05) is 5.32 Å². The van der Waals surface area contributed by atoms with Crippen LogP contribution >= 0.6 is 0 Å².